The minimum Gasteiger partial charge on any atom is -0.395 e. The summed E-state index contributed by atoms with van der Waals surface area (Å²) in [4.78, 5) is 56.3. The van der Waals surface area contributed by atoms with E-state index in [0.717, 1.165) is 11.1 Å². The number of amides is 4. The monoisotopic (exact) mass is 722 g/mol. The number of anilines is 3. The van der Waals surface area contributed by atoms with Gasteiger partial charge in [-0.05, 0) is 65.7 Å². The van der Waals surface area contributed by atoms with Gasteiger partial charge in [-0.15, -0.1) is 0 Å². The van der Waals surface area contributed by atoms with E-state index >= 15 is 0 Å². The largest absolute Gasteiger partial charge is 0.395 e. The molecule has 6 rings (SSSR count). The molecule has 1 aliphatic rings. The second-order valence-electron chi connectivity index (χ2n) is 13.2. The number of carbonyl (C=O) groups is 4. The van der Waals surface area contributed by atoms with Crippen LogP contribution < -0.4 is 15.5 Å². The van der Waals surface area contributed by atoms with Crippen LogP contribution >= 0.6 is 0 Å². The number of hydrogen-bond acceptors (Lipinski definition) is 6. The Labute approximate surface area is 314 Å². The predicted molar refractivity (Wildman–Crippen MR) is 209 cm³/mol. The molecule has 5 aromatic rings. The van der Waals surface area contributed by atoms with E-state index in [1.807, 2.05) is 54.6 Å². The second kappa shape index (κ2) is 17.0. The van der Waals surface area contributed by atoms with Crippen LogP contribution in [0.4, 0.5) is 17.1 Å². The Morgan fingerprint density at radius 1 is 0.759 bits per heavy atom. The van der Waals surface area contributed by atoms with Crippen molar-refractivity contribution in [1.82, 2.24) is 4.90 Å². The molecule has 10 heteroatoms. The fraction of sp³-hybridized carbons (Fsp3) is 0.182. The highest BCUT2D eigenvalue weighted by Gasteiger charge is 2.52. The predicted octanol–water partition coefficient (Wildman–Crippen LogP) is 6.53. The van der Waals surface area contributed by atoms with E-state index in [9.17, 15) is 29.4 Å². The summed E-state index contributed by atoms with van der Waals surface area (Å²) in [5.41, 5.74) is 2.44. The molecular formula is C44H42N4O6. The molecule has 274 valence electrons. The van der Waals surface area contributed by atoms with Gasteiger partial charge in [0, 0.05) is 53.5 Å². The number of nitrogens with zero attached hydrogens (tertiary/aromatic N) is 2. The van der Waals surface area contributed by atoms with Gasteiger partial charge in [0.2, 0.25) is 5.91 Å². The van der Waals surface area contributed by atoms with Crippen LogP contribution in [0.25, 0.3) is 0 Å². The second-order valence-corrected chi connectivity index (χ2v) is 13.2. The summed E-state index contributed by atoms with van der Waals surface area (Å²) in [5, 5.41) is 27.7. The van der Waals surface area contributed by atoms with E-state index in [2.05, 4.69) is 10.6 Å². The summed E-state index contributed by atoms with van der Waals surface area (Å²) in [6, 6.07) is 39.2. The van der Waals surface area contributed by atoms with Crippen molar-refractivity contribution in [3.8, 4) is 0 Å². The molecule has 4 amide bonds. The summed E-state index contributed by atoms with van der Waals surface area (Å²) in [7, 11) is 0. The van der Waals surface area contributed by atoms with Crippen LogP contribution in [0.15, 0.2) is 146 Å². The van der Waals surface area contributed by atoms with Crippen molar-refractivity contribution in [2.75, 3.05) is 28.7 Å². The first-order chi connectivity index (χ1) is 26.2. The van der Waals surface area contributed by atoms with E-state index in [1.54, 1.807) is 103 Å². The van der Waals surface area contributed by atoms with Crippen LogP contribution in [0.5, 0.6) is 0 Å². The molecule has 0 fully saturated rings. The van der Waals surface area contributed by atoms with Crippen molar-refractivity contribution in [1.29, 1.82) is 0 Å². The lowest BCUT2D eigenvalue weighted by Crippen LogP contribution is -2.44. The summed E-state index contributed by atoms with van der Waals surface area (Å²) in [6.07, 6.45) is 3.29. The summed E-state index contributed by atoms with van der Waals surface area (Å²) < 4.78 is 0. The number of aliphatic hydroxyl groups is 2. The Morgan fingerprint density at radius 2 is 1.31 bits per heavy atom. The fourth-order valence-electron chi connectivity index (χ4n) is 6.50. The van der Waals surface area contributed by atoms with E-state index in [-0.39, 0.29) is 43.8 Å². The van der Waals surface area contributed by atoms with Crippen LogP contribution in [0.2, 0.25) is 0 Å². The molecule has 0 saturated carbocycles. The summed E-state index contributed by atoms with van der Waals surface area (Å²) in [6.45, 7) is 2.15. The minimum atomic E-state index is -2.03. The van der Waals surface area contributed by atoms with Crippen LogP contribution in [0, 0.1) is 5.92 Å². The van der Waals surface area contributed by atoms with E-state index in [1.165, 1.54) is 4.90 Å². The average molecular weight is 723 g/mol. The number of benzene rings is 5. The molecule has 0 saturated heterocycles. The number of hydrogen-bond donors (Lipinski definition) is 4. The van der Waals surface area contributed by atoms with Gasteiger partial charge in [0.1, 0.15) is 0 Å². The molecule has 0 aliphatic carbocycles. The van der Waals surface area contributed by atoms with Gasteiger partial charge < -0.3 is 30.6 Å². The maximum absolute atomic E-state index is 14.3. The van der Waals surface area contributed by atoms with Gasteiger partial charge in [0.05, 0.1) is 18.8 Å². The Bertz CT molecular complexity index is 2120. The number of carbonyl (C=O) groups excluding carboxylic acids is 4. The first-order valence-corrected chi connectivity index (χ1v) is 17.8. The van der Waals surface area contributed by atoms with E-state index < -0.39 is 17.4 Å². The molecule has 0 unspecified atom stereocenters. The van der Waals surface area contributed by atoms with E-state index in [0.29, 0.717) is 40.3 Å². The topological polar surface area (TPSA) is 139 Å². The molecule has 0 radical (unpaired) electrons. The third-order valence-electron chi connectivity index (χ3n) is 9.47. The lowest BCUT2D eigenvalue weighted by molar-refractivity contribution is -0.139. The minimum absolute atomic E-state index is 0.00164. The molecular weight excluding hydrogens is 681 g/mol. The first kappa shape index (κ1) is 37.4. The van der Waals surface area contributed by atoms with Crippen molar-refractivity contribution in [3.63, 3.8) is 0 Å². The number of nitrogens with one attached hydrogen (secondary N) is 2. The molecule has 0 bridgehead atoms. The zero-order chi connectivity index (χ0) is 38.1. The molecule has 54 heavy (non-hydrogen) atoms. The maximum Gasteiger partial charge on any atom is 0.264 e. The number of aliphatic hydroxyl groups excluding tert-OH is 1. The third kappa shape index (κ3) is 8.47. The molecule has 5 aromatic carbocycles. The van der Waals surface area contributed by atoms with Gasteiger partial charge in [-0.1, -0.05) is 97.9 Å². The maximum atomic E-state index is 14.3. The molecule has 0 spiro atoms. The van der Waals surface area contributed by atoms with E-state index in [4.69, 9.17) is 0 Å². The molecule has 4 N–H and O–H groups in total. The van der Waals surface area contributed by atoms with Gasteiger partial charge in [0.25, 0.3) is 17.7 Å². The van der Waals surface area contributed by atoms with Crippen molar-refractivity contribution >= 4 is 40.7 Å². The number of fused-ring (bicyclic) bond motifs is 1. The SMILES string of the molecule is C[C@H](/C=C/CC(=O)N(CCO)Cc1ccccc1)[C@@]1(O)C(=O)N(Cc2ccc(NC(=O)c3ccccc3)cc2)c2ccc(NC(=O)c3ccccc3)cc21. The lowest BCUT2D eigenvalue weighted by Gasteiger charge is -2.28. The first-order valence-electron chi connectivity index (χ1n) is 17.8. The average Bonchev–Trinajstić information content (AvgIpc) is 3.41. The molecule has 0 aromatic heterocycles. The Morgan fingerprint density at radius 3 is 1.91 bits per heavy atom. The summed E-state index contributed by atoms with van der Waals surface area (Å²) >= 11 is 0. The molecule has 1 aliphatic heterocycles. The van der Waals surface area contributed by atoms with Crippen LogP contribution in [0.3, 0.4) is 0 Å². The fourth-order valence-corrected chi connectivity index (χ4v) is 6.50. The standard InChI is InChI=1S/C44H42N4O6/c1-31(12-11-19-40(50)47(26-27-49)29-32-13-5-2-6-14-32)44(54)38-28-37(46-42(52)35-17-9-4-10-18-35)24-25-39(38)48(43(44)53)30-33-20-22-36(23-21-33)45-41(51)34-15-7-3-8-16-34/h2-18,20-25,28,31,49,54H,19,26-27,29-30H2,1H3,(H,45,51)(H,46,52)/b12-11+/t31-,44+/m1/s1. The quantitative estimate of drug-likeness (QED) is 0.0962. The molecule has 10 nitrogen and oxygen atoms in total. The van der Waals surface area contributed by atoms with Crippen molar-refractivity contribution in [2.24, 2.45) is 5.92 Å². The van der Waals surface area contributed by atoms with Gasteiger partial charge >= 0.3 is 0 Å². The Balaban J connectivity index is 1.23. The zero-order valence-electron chi connectivity index (χ0n) is 29.9. The van der Waals surface area contributed by atoms with Crippen LogP contribution in [-0.2, 0) is 28.3 Å². The number of rotatable bonds is 14. The van der Waals surface area contributed by atoms with Gasteiger partial charge in [-0.25, -0.2) is 0 Å². The van der Waals surface area contributed by atoms with Crippen molar-refractivity contribution in [2.45, 2.75) is 32.0 Å². The van der Waals surface area contributed by atoms with Gasteiger partial charge in [0.15, 0.2) is 5.60 Å². The molecule has 2 atom stereocenters. The lowest BCUT2D eigenvalue weighted by atomic mass is 9.82. The highest BCUT2D eigenvalue weighted by molar-refractivity contribution is 6.09. The Hall–Kier alpha value is -6.36. The van der Waals surface area contributed by atoms with Gasteiger partial charge in [-0.2, -0.15) is 0 Å². The van der Waals surface area contributed by atoms with Crippen LogP contribution in [-0.4, -0.2) is 51.9 Å². The van der Waals surface area contributed by atoms with Crippen LogP contribution in [0.1, 0.15) is 50.8 Å². The summed E-state index contributed by atoms with van der Waals surface area (Å²) in [5.74, 6) is -2.13. The molecule has 1 heterocycles. The van der Waals surface area contributed by atoms with Gasteiger partial charge in [-0.3, -0.25) is 19.2 Å². The smallest absolute Gasteiger partial charge is 0.264 e. The highest BCUT2D eigenvalue weighted by atomic mass is 16.3. The third-order valence-corrected chi connectivity index (χ3v) is 9.47. The van der Waals surface area contributed by atoms with Crippen molar-refractivity contribution in [3.05, 3.63) is 173 Å². The zero-order valence-corrected chi connectivity index (χ0v) is 29.9. The van der Waals surface area contributed by atoms with Crippen molar-refractivity contribution < 1.29 is 29.4 Å². The highest BCUT2D eigenvalue weighted by Crippen LogP contribution is 2.47. The Kier molecular flexibility index (Phi) is 11.8. The normalized spacial score (nSPS) is 15.5.